The maximum absolute atomic E-state index is 8.58. The minimum atomic E-state index is -4.08. The van der Waals surface area contributed by atoms with Crippen molar-refractivity contribution in [2.75, 3.05) is 0 Å². The van der Waals surface area contributed by atoms with Gasteiger partial charge in [-0.25, -0.2) is 0 Å². The smallest absolute Gasteiger partial charge is 4.00 e. The molecule has 0 saturated heterocycles. The van der Waals surface area contributed by atoms with Gasteiger partial charge in [-0.3, -0.25) is 0 Å². The Morgan fingerprint density at radius 1 is 0.800 bits per heavy atom. The first kappa shape index (κ1) is 23.3. The second-order valence-corrected chi connectivity index (χ2v) is 2.06. The number of hydrogen-bond acceptors (Lipinski definition) is 6. The van der Waals surface area contributed by atoms with Crippen LogP contribution in [0.25, 0.3) is 0 Å². The maximum atomic E-state index is 8.58. The van der Waals surface area contributed by atoms with Crippen LogP contribution in [0.1, 0.15) is 0 Å². The van der Waals surface area contributed by atoms with Crippen LogP contribution in [0.2, 0.25) is 0 Å². The quantitative estimate of drug-likeness (QED) is 0.358. The molecule has 0 fully saturated rings. The first-order chi connectivity index (χ1) is 3.46. The van der Waals surface area contributed by atoms with Crippen molar-refractivity contribution in [3.8, 4) is 0 Å². The third kappa shape index (κ3) is 109. The van der Waals surface area contributed by atoms with Gasteiger partial charge in [0.2, 0.25) is 0 Å². The fourth-order valence-electron chi connectivity index (χ4n) is 0. The van der Waals surface area contributed by atoms with Gasteiger partial charge >= 0.3 is 134 Å². The summed E-state index contributed by atoms with van der Waals surface area (Å²) in [7, 11) is 0. The van der Waals surface area contributed by atoms with Gasteiger partial charge < -0.3 is 0 Å². The van der Waals surface area contributed by atoms with E-state index in [2.05, 4.69) is 0 Å². The molecular weight excluding hydrogens is 420 g/mol. The molecule has 0 bridgehead atoms. The SMILES string of the molecule is [BaH2].[O]=[Ti]([O-])[O-].[O]=[Ti]([O-])[O-].[Zr+4]. The zero-order chi connectivity index (χ0) is 7.15. The van der Waals surface area contributed by atoms with Crippen molar-refractivity contribution < 1.29 is 84.8 Å². The molecule has 0 spiro atoms. The van der Waals surface area contributed by atoms with Crippen LogP contribution in [0.3, 0.4) is 0 Å². The monoisotopic (exact) mass is 422 g/mol. The largest absolute Gasteiger partial charge is 4.00 e. The molecule has 0 aromatic carbocycles. The van der Waals surface area contributed by atoms with Gasteiger partial charge in [0, 0.05) is 0 Å². The van der Waals surface area contributed by atoms with Crippen molar-refractivity contribution in [1.29, 1.82) is 0 Å². The van der Waals surface area contributed by atoms with Crippen LogP contribution in [0.15, 0.2) is 0 Å². The third-order valence-electron chi connectivity index (χ3n) is 0. The van der Waals surface area contributed by atoms with E-state index in [1.165, 1.54) is 0 Å². The second kappa shape index (κ2) is 18.2. The van der Waals surface area contributed by atoms with Crippen LogP contribution in [-0.4, -0.2) is 48.9 Å². The van der Waals surface area contributed by atoms with E-state index in [9.17, 15) is 0 Å². The molecule has 0 aromatic heterocycles. The Balaban J connectivity index is -0.0000000300. The molecule has 0 aromatic rings. The molecule has 0 N–H and O–H groups in total. The van der Waals surface area contributed by atoms with Crippen molar-refractivity contribution >= 4 is 48.9 Å². The summed E-state index contributed by atoms with van der Waals surface area (Å²) in [5.74, 6) is 0. The van der Waals surface area contributed by atoms with Crippen molar-refractivity contribution in [1.82, 2.24) is 0 Å². The van der Waals surface area contributed by atoms with Crippen molar-refractivity contribution in [3.63, 3.8) is 0 Å². The Hall–Kier alpha value is 3.32. The average Bonchev–Trinajstić information content (AvgIpc) is 1.25. The summed E-state index contributed by atoms with van der Waals surface area (Å²) in [4.78, 5) is 0. The molecular formula is H2BaO6Ti2Zr. The molecule has 0 aliphatic heterocycles. The van der Waals surface area contributed by atoms with Gasteiger partial charge in [-0.05, 0) is 0 Å². The van der Waals surface area contributed by atoms with Crippen LogP contribution < -0.4 is 14.8 Å². The van der Waals surface area contributed by atoms with E-state index in [-0.39, 0.29) is 75.1 Å². The van der Waals surface area contributed by atoms with E-state index >= 15 is 0 Å². The summed E-state index contributed by atoms with van der Waals surface area (Å²) in [6, 6.07) is 0. The van der Waals surface area contributed by atoms with Crippen molar-refractivity contribution in [2.45, 2.75) is 0 Å². The van der Waals surface area contributed by atoms with E-state index in [4.69, 9.17) is 21.4 Å². The van der Waals surface area contributed by atoms with Crippen LogP contribution in [0, 0.1) is 0 Å². The van der Waals surface area contributed by atoms with E-state index in [1.807, 2.05) is 0 Å². The fourth-order valence-corrected chi connectivity index (χ4v) is 0. The maximum Gasteiger partial charge on any atom is 4.00 e. The minimum absolute atomic E-state index is 0. The Morgan fingerprint density at radius 3 is 0.800 bits per heavy atom. The van der Waals surface area contributed by atoms with Crippen LogP contribution in [0.4, 0.5) is 0 Å². The standard InChI is InChI=1S/Ba.6O.2Ti.Zr.2H/q;;;4*-1;;;+4;;. The van der Waals surface area contributed by atoms with Gasteiger partial charge in [0.05, 0.1) is 0 Å². The van der Waals surface area contributed by atoms with Gasteiger partial charge in [0.15, 0.2) is 0 Å². The van der Waals surface area contributed by atoms with Gasteiger partial charge in [0.1, 0.15) is 0 Å². The fraction of sp³-hybridized carbons (Fsp3) is 0. The van der Waals surface area contributed by atoms with Crippen LogP contribution in [0.5, 0.6) is 0 Å². The van der Waals surface area contributed by atoms with Crippen LogP contribution in [-0.2, 0) is 70.1 Å². The summed E-state index contributed by atoms with van der Waals surface area (Å²) in [5, 5.41) is 0. The molecule has 0 heterocycles. The summed E-state index contributed by atoms with van der Waals surface area (Å²) in [6.45, 7) is 0. The number of rotatable bonds is 0. The predicted octanol–water partition coefficient (Wildman–Crippen LogP) is -5.92. The molecule has 10 heteroatoms. The topological polar surface area (TPSA) is 126 Å². The van der Waals surface area contributed by atoms with Crippen molar-refractivity contribution in [3.05, 3.63) is 0 Å². The first-order valence-corrected chi connectivity index (χ1v) is 5.05. The molecule has 6 nitrogen and oxygen atoms in total. The van der Waals surface area contributed by atoms with E-state index < -0.39 is 37.2 Å². The molecule has 52 valence electrons. The van der Waals surface area contributed by atoms with E-state index in [0.29, 0.717) is 0 Å². The molecule has 10 heavy (non-hydrogen) atoms. The zero-order valence-electron chi connectivity index (χ0n) is 3.95. The van der Waals surface area contributed by atoms with Crippen LogP contribution >= 0.6 is 0 Å². The van der Waals surface area contributed by atoms with E-state index in [0.717, 1.165) is 0 Å². The summed E-state index contributed by atoms with van der Waals surface area (Å²) in [6.07, 6.45) is 0. The molecule has 0 aliphatic rings. The molecule has 0 rings (SSSR count). The molecule has 0 unspecified atom stereocenters. The Labute approximate surface area is 130 Å². The third-order valence-corrected chi connectivity index (χ3v) is 0. The molecule has 0 aliphatic carbocycles. The Kier molecular flexibility index (Phi) is 42.3. The van der Waals surface area contributed by atoms with E-state index in [1.54, 1.807) is 0 Å². The second-order valence-electron chi connectivity index (χ2n) is 0.500. The normalized spacial score (nSPS) is 5.20. The average molecular weight is 422 g/mol. The van der Waals surface area contributed by atoms with Gasteiger partial charge in [-0.2, -0.15) is 0 Å². The van der Waals surface area contributed by atoms with Crippen molar-refractivity contribution in [2.24, 2.45) is 0 Å². The van der Waals surface area contributed by atoms with Gasteiger partial charge in [-0.1, -0.05) is 0 Å². The molecule has 0 amide bonds. The van der Waals surface area contributed by atoms with Gasteiger partial charge in [0.25, 0.3) is 0 Å². The molecule has 0 radical (unpaired) electrons. The minimum Gasteiger partial charge on any atom is 4.00 e. The summed E-state index contributed by atoms with van der Waals surface area (Å²) in [5.41, 5.74) is 0. The Morgan fingerprint density at radius 2 is 0.800 bits per heavy atom. The zero-order valence-corrected chi connectivity index (χ0v) is 9.53. The predicted molar refractivity (Wildman–Crippen MR) is 9.92 cm³/mol. The molecule has 0 atom stereocenters. The molecule has 0 saturated carbocycles. The number of hydrogen-bond donors (Lipinski definition) is 0. The van der Waals surface area contributed by atoms with Gasteiger partial charge in [-0.15, -0.1) is 0 Å². The summed E-state index contributed by atoms with van der Waals surface area (Å²) >= 11 is -8.17. The first-order valence-electron chi connectivity index (χ1n) is 1.22. The summed E-state index contributed by atoms with van der Waals surface area (Å²) < 4.78 is 51.5. The Bertz CT molecular complexity index is 73.7.